The summed E-state index contributed by atoms with van der Waals surface area (Å²) in [5.41, 5.74) is -0.466. The van der Waals surface area contributed by atoms with Crippen molar-refractivity contribution in [3.63, 3.8) is 0 Å². The summed E-state index contributed by atoms with van der Waals surface area (Å²) in [6.07, 6.45) is 0. The minimum Gasteiger partial charge on any atom is -0.373 e. The number of morpholine rings is 1. The number of halogens is 1. The van der Waals surface area contributed by atoms with Crippen molar-refractivity contribution in [1.29, 1.82) is 0 Å². The van der Waals surface area contributed by atoms with Crippen molar-refractivity contribution in [1.82, 2.24) is 4.31 Å². The maximum absolute atomic E-state index is 12.5. The molecule has 0 amide bonds. The predicted molar refractivity (Wildman–Crippen MR) is 70.2 cm³/mol. The van der Waals surface area contributed by atoms with Crippen molar-refractivity contribution in [2.24, 2.45) is 0 Å². The van der Waals surface area contributed by atoms with Gasteiger partial charge in [0.15, 0.2) is 0 Å². The Morgan fingerprint density at radius 2 is 2.00 bits per heavy atom. The molecule has 1 aliphatic heterocycles. The summed E-state index contributed by atoms with van der Waals surface area (Å²) in [4.78, 5) is 0.157. The number of ether oxygens (including phenoxy) is 1. The lowest BCUT2D eigenvalue weighted by Crippen LogP contribution is -2.50. The van der Waals surface area contributed by atoms with E-state index in [0.717, 1.165) is 0 Å². The van der Waals surface area contributed by atoms with E-state index in [4.69, 9.17) is 16.3 Å². The summed E-state index contributed by atoms with van der Waals surface area (Å²) in [6.45, 7) is 4.84. The fourth-order valence-electron chi connectivity index (χ4n) is 1.97. The molecule has 100 valence electrons. The summed E-state index contributed by atoms with van der Waals surface area (Å²) in [5, 5.41) is 0.252. The lowest BCUT2D eigenvalue weighted by Gasteiger charge is -2.37. The molecule has 2 rings (SSSR count). The normalized spacial score (nSPS) is 20.8. The molecule has 0 unspecified atom stereocenters. The number of rotatable bonds is 2. The van der Waals surface area contributed by atoms with Gasteiger partial charge in [0.1, 0.15) is 4.90 Å². The van der Waals surface area contributed by atoms with Crippen molar-refractivity contribution in [2.75, 3.05) is 19.7 Å². The Kier molecular flexibility index (Phi) is 3.69. The van der Waals surface area contributed by atoms with E-state index in [9.17, 15) is 8.42 Å². The molecule has 1 aromatic carbocycles. The summed E-state index contributed by atoms with van der Waals surface area (Å²) in [7, 11) is -3.54. The van der Waals surface area contributed by atoms with Gasteiger partial charge in [-0.25, -0.2) is 8.42 Å². The number of hydrogen-bond donors (Lipinski definition) is 0. The van der Waals surface area contributed by atoms with Crippen molar-refractivity contribution >= 4 is 21.6 Å². The number of hydrogen-bond acceptors (Lipinski definition) is 3. The van der Waals surface area contributed by atoms with Crippen molar-refractivity contribution < 1.29 is 13.2 Å². The maximum Gasteiger partial charge on any atom is 0.244 e. The molecule has 1 saturated heterocycles. The molecule has 0 N–H and O–H groups in total. The van der Waals surface area contributed by atoms with Crippen LogP contribution in [0.15, 0.2) is 29.2 Å². The second-order valence-electron chi connectivity index (χ2n) is 4.88. The van der Waals surface area contributed by atoms with E-state index < -0.39 is 15.6 Å². The van der Waals surface area contributed by atoms with Crippen LogP contribution < -0.4 is 0 Å². The van der Waals surface area contributed by atoms with Gasteiger partial charge in [0.25, 0.3) is 0 Å². The molecule has 0 radical (unpaired) electrons. The molecule has 6 heteroatoms. The standard InChI is InChI=1S/C12H16ClNO3S/c1-12(2)9-14(7-8-17-12)18(15,16)11-6-4-3-5-10(11)13/h3-6H,7-9H2,1-2H3. The molecule has 0 bridgehead atoms. The highest BCUT2D eigenvalue weighted by molar-refractivity contribution is 7.89. The summed E-state index contributed by atoms with van der Waals surface area (Å²) >= 11 is 5.96. The van der Waals surface area contributed by atoms with Crippen molar-refractivity contribution in [3.8, 4) is 0 Å². The third-order valence-electron chi connectivity index (χ3n) is 2.85. The van der Waals surface area contributed by atoms with Crippen LogP contribution in [0, 0.1) is 0 Å². The van der Waals surface area contributed by atoms with Gasteiger partial charge in [-0.2, -0.15) is 4.31 Å². The van der Waals surface area contributed by atoms with Crippen LogP contribution in [0.25, 0.3) is 0 Å². The molecule has 1 fully saturated rings. The largest absolute Gasteiger partial charge is 0.373 e. The van der Waals surface area contributed by atoms with E-state index in [1.54, 1.807) is 18.2 Å². The zero-order valence-electron chi connectivity index (χ0n) is 10.4. The van der Waals surface area contributed by atoms with Gasteiger partial charge in [-0.15, -0.1) is 0 Å². The fraction of sp³-hybridized carbons (Fsp3) is 0.500. The molecule has 0 aromatic heterocycles. The van der Waals surface area contributed by atoms with Crippen LogP contribution in [-0.4, -0.2) is 38.0 Å². The predicted octanol–water partition coefficient (Wildman–Crippen LogP) is 2.14. The van der Waals surface area contributed by atoms with Crippen molar-refractivity contribution in [2.45, 2.75) is 24.3 Å². The Balaban J connectivity index is 2.35. The Morgan fingerprint density at radius 3 is 2.61 bits per heavy atom. The quantitative estimate of drug-likeness (QED) is 0.838. The summed E-state index contributed by atoms with van der Waals surface area (Å²) < 4.78 is 31.9. The van der Waals surface area contributed by atoms with Gasteiger partial charge < -0.3 is 4.74 Å². The van der Waals surface area contributed by atoms with E-state index in [-0.39, 0.29) is 9.92 Å². The van der Waals surface area contributed by atoms with Crippen molar-refractivity contribution in [3.05, 3.63) is 29.3 Å². The average molecular weight is 290 g/mol. The second-order valence-corrected chi connectivity index (χ2v) is 7.19. The molecule has 0 spiro atoms. The number of sulfonamides is 1. The zero-order chi connectivity index (χ0) is 13.4. The third-order valence-corrected chi connectivity index (χ3v) is 5.19. The molecule has 18 heavy (non-hydrogen) atoms. The smallest absolute Gasteiger partial charge is 0.244 e. The van der Waals surface area contributed by atoms with Gasteiger partial charge in [0.2, 0.25) is 10.0 Å². The average Bonchev–Trinajstić information content (AvgIpc) is 2.28. The molecule has 0 aliphatic carbocycles. The van der Waals surface area contributed by atoms with Crippen LogP contribution in [0.4, 0.5) is 0 Å². The Hall–Kier alpha value is -0.620. The zero-order valence-corrected chi connectivity index (χ0v) is 12.0. The molecule has 1 aromatic rings. The van der Waals surface area contributed by atoms with Gasteiger partial charge in [-0.3, -0.25) is 0 Å². The van der Waals surface area contributed by atoms with Gasteiger partial charge in [0, 0.05) is 13.1 Å². The molecule has 0 saturated carbocycles. The minimum absolute atomic E-state index is 0.157. The van der Waals surface area contributed by atoms with Gasteiger partial charge in [0.05, 0.1) is 17.2 Å². The first kappa shape index (κ1) is 13.8. The van der Waals surface area contributed by atoms with Gasteiger partial charge in [-0.1, -0.05) is 23.7 Å². The van der Waals surface area contributed by atoms with E-state index in [1.165, 1.54) is 10.4 Å². The van der Waals surface area contributed by atoms with Crippen LogP contribution >= 0.6 is 11.6 Å². The molecular weight excluding hydrogens is 274 g/mol. The molecular formula is C12H16ClNO3S. The second kappa shape index (κ2) is 4.81. The van der Waals surface area contributed by atoms with Crippen LogP contribution in [0.1, 0.15) is 13.8 Å². The fourth-order valence-corrected chi connectivity index (χ4v) is 4.04. The molecule has 1 aliphatic rings. The Labute approximate surface area is 113 Å². The van der Waals surface area contributed by atoms with E-state index >= 15 is 0 Å². The Bertz CT molecular complexity index is 542. The van der Waals surface area contributed by atoms with Crippen LogP contribution in [0.2, 0.25) is 5.02 Å². The first-order valence-corrected chi connectivity index (χ1v) is 7.53. The first-order chi connectivity index (χ1) is 8.33. The maximum atomic E-state index is 12.5. The third kappa shape index (κ3) is 2.69. The van der Waals surface area contributed by atoms with E-state index in [0.29, 0.717) is 19.7 Å². The van der Waals surface area contributed by atoms with Gasteiger partial charge in [-0.05, 0) is 26.0 Å². The Morgan fingerprint density at radius 1 is 1.33 bits per heavy atom. The molecule has 0 atom stereocenters. The highest BCUT2D eigenvalue weighted by atomic mass is 35.5. The lowest BCUT2D eigenvalue weighted by atomic mass is 10.1. The highest BCUT2D eigenvalue weighted by Crippen LogP contribution is 2.27. The van der Waals surface area contributed by atoms with E-state index in [2.05, 4.69) is 0 Å². The summed E-state index contributed by atoms with van der Waals surface area (Å²) in [6, 6.07) is 6.50. The van der Waals surface area contributed by atoms with E-state index in [1.807, 2.05) is 13.8 Å². The monoisotopic (exact) mass is 289 g/mol. The summed E-state index contributed by atoms with van der Waals surface area (Å²) in [5.74, 6) is 0. The van der Waals surface area contributed by atoms with Crippen LogP contribution in [0.3, 0.4) is 0 Å². The number of nitrogens with zero attached hydrogens (tertiary/aromatic N) is 1. The minimum atomic E-state index is -3.54. The van der Waals surface area contributed by atoms with Gasteiger partial charge >= 0.3 is 0 Å². The van der Waals surface area contributed by atoms with Crippen LogP contribution in [0.5, 0.6) is 0 Å². The highest BCUT2D eigenvalue weighted by Gasteiger charge is 2.35. The number of benzene rings is 1. The van der Waals surface area contributed by atoms with Crippen LogP contribution in [-0.2, 0) is 14.8 Å². The SMILES string of the molecule is CC1(C)CN(S(=O)(=O)c2ccccc2Cl)CCO1. The lowest BCUT2D eigenvalue weighted by molar-refractivity contribution is -0.0640. The molecule has 4 nitrogen and oxygen atoms in total. The topological polar surface area (TPSA) is 46.6 Å². The first-order valence-electron chi connectivity index (χ1n) is 5.72. The molecule has 1 heterocycles.